The van der Waals surface area contributed by atoms with E-state index in [1.807, 2.05) is 0 Å². The molecule has 39 heavy (non-hydrogen) atoms. The molecule has 2 aromatic carbocycles. The number of hydrogen-bond acceptors (Lipinski definition) is 6. The average Bonchev–Trinajstić information content (AvgIpc) is 2.84. The minimum atomic E-state index is -1.72. The van der Waals surface area contributed by atoms with Crippen LogP contribution in [0.2, 0.25) is 20.1 Å². The van der Waals surface area contributed by atoms with Crippen LogP contribution in [0.1, 0.15) is 35.7 Å². The summed E-state index contributed by atoms with van der Waals surface area (Å²) in [5.74, 6) is -0.705. The second-order valence-electron chi connectivity index (χ2n) is 10.3. The molecule has 0 spiro atoms. The Bertz CT molecular complexity index is 1190. The molecule has 0 bridgehead atoms. The van der Waals surface area contributed by atoms with Gasteiger partial charge in [0.15, 0.2) is 5.60 Å². The molecule has 12 heteroatoms. The van der Waals surface area contributed by atoms with Crippen LogP contribution in [0.15, 0.2) is 30.3 Å². The van der Waals surface area contributed by atoms with E-state index in [1.54, 1.807) is 42.3 Å². The highest BCUT2D eigenvalue weighted by molar-refractivity contribution is 6.40. The van der Waals surface area contributed by atoms with Crippen molar-refractivity contribution in [3.8, 4) is 0 Å². The number of halogens is 4. The maximum absolute atomic E-state index is 13.2. The Hall–Kier alpha value is -1.78. The summed E-state index contributed by atoms with van der Waals surface area (Å²) in [6, 6.07) is 8.61. The molecule has 2 fully saturated rings. The van der Waals surface area contributed by atoms with E-state index < -0.39 is 5.60 Å². The van der Waals surface area contributed by atoms with E-state index in [2.05, 4.69) is 10.2 Å². The minimum Gasteiger partial charge on any atom is -0.395 e. The molecule has 0 unspecified atom stereocenters. The molecule has 2 aliphatic heterocycles. The SMILES string of the molecule is CN(CCO)C(=O)c1c(Cl)cc(NC2CN(C3CCN(C(=O)[C@@](C)(O)c4cc(Cl)cc(Cl)c4)CC3)C2)cc1Cl. The molecule has 2 aliphatic rings. The second kappa shape index (κ2) is 12.4. The highest BCUT2D eigenvalue weighted by atomic mass is 35.5. The lowest BCUT2D eigenvalue weighted by Gasteiger charge is -2.48. The molecule has 0 radical (unpaired) electrons. The fourth-order valence-electron chi connectivity index (χ4n) is 5.14. The number of benzene rings is 2. The standard InChI is InChI=1S/C27H32Cl4N4O4/c1-27(39,16-9-17(28)11-18(29)10-16)26(38)34-5-3-21(4-6-34)35-14-20(15-35)32-19-12-22(30)24(23(31)13-19)25(37)33(2)7-8-36/h9-13,20-21,32,36,39H,3-8,14-15H2,1-2H3/t27-/m0/s1. The van der Waals surface area contributed by atoms with Gasteiger partial charge in [-0.15, -0.1) is 0 Å². The quantitative estimate of drug-likeness (QED) is 0.407. The van der Waals surface area contributed by atoms with E-state index in [9.17, 15) is 14.7 Å². The fourth-order valence-corrected chi connectivity index (χ4v) is 6.32. The maximum atomic E-state index is 13.2. The zero-order valence-electron chi connectivity index (χ0n) is 21.8. The van der Waals surface area contributed by atoms with E-state index in [1.165, 1.54) is 11.8 Å². The topological polar surface area (TPSA) is 96.4 Å². The van der Waals surface area contributed by atoms with Crippen molar-refractivity contribution in [1.29, 1.82) is 0 Å². The highest BCUT2D eigenvalue weighted by Gasteiger charge is 2.40. The molecular formula is C27H32Cl4N4O4. The van der Waals surface area contributed by atoms with Crippen LogP contribution in [-0.4, -0.2) is 95.2 Å². The number of carbonyl (C=O) groups is 2. The summed E-state index contributed by atoms with van der Waals surface area (Å²) in [5.41, 5.74) is -0.392. The molecule has 2 saturated heterocycles. The monoisotopic (exact) mass is 616 g/mol. The van der Waals surface area contributed by atoms with Crippen LogP contribution in [0.5, 0.6) is 0 Å². The number of aliphatic hydroxyl groups is 2. The molecular weight excluding hydrogens is 586 g/mol. The van der Waals surface area contributed by atoms with Crippen molar-refractivity contribution in [2.24, 2.45) is 0 Å². The Kier molecular flexibility index (Phi) is 9.59. The molecule has 2 heterocycles. The Labute approximate surface area is 248 Å². The van der Waals surface area contributed by atoms with Crippen molar-refractivity contribution in [1.82, 2.24) is 14.7 Å². The number of nitrogens with zero attached hydrogens (tertiary/aromatic N) is 3. The van der Waals surface area contributed by atoms with E-state index in [0.29, 0.717) is 34.7 Å². The van der Waals surface area contributed by atoms with Gasteiger partial charge in [-0.3, -0.25) is 14.5 Å². The second-order valence-corrected chi connectivity index (χ2v) is 12.0. The fraction of sp³-hybridized carbons (Fsp3) is 0.481. The molecule has 0 aromatic heterocycles. The van der Waals surface area contributed by atoms with Crippen LogP contribution in [0.25, 0.3) is 0 Å². The molecule has 1 atom stereocenters. The molecule has 3 N–H and O–H groups in total. The van der Waals surface area contributed by atoms with Crippen molar-refractivity contribution in [3.05, 3.63) is 61.5 Å². The predicted octanol–water partition coefficient (Wildman–Crippen LogP) is 4.36. The lowest BCUT2D eigenvalue weighted by molar-refractivity contribution is -0.152. The summed E-state index contributed by atoms with van der Waals surface area (Å²) in [5, 5.41) is 24.8. The molecule has 2 amide bonds. The van der Waals surface area contributed by atoms with E-state index in [4.69, 9.17) is 51.5 Å². The van der Waals surface area contributed by atoms with Crippen LogP contribution < -0.4 is 5.32 Å². The first kappa shape index (κ1) is 30.2. The van der Waals surface area contributed by atoms with Gasteiger partial charge in [0.1, 0.15) is 0 Å². The van der Waals surface area contributed by atoms with Gasteiger partial charge in [-0.25, -0.2) is 0 Å². The van der Waals surface area contributed by atoms with Gasteiger partial charge in [-0.05, 0) is 55.7 Å². The Morgan fingerprint density at radius 3 is 2.13 bits per heavy atom. The maximum Gasteiger partial charge on any atom is 0.258 e. The summed E-state index contributed by atoms with van der Waals surface area (Å²) in [6.07, 6.45) is 1.61. The van der Waals surface area contributed by atoms with Gasteiger partial charge in [0.2, 0.25) is 0 Å². The van der Waals surface area contributed by atoms with Crippen molar-refractivity contribution >= 4 is 63.9 Å². The number of hydrogen-bond donors (Lipinski definition) is 3. The van der Waals surface area contributed by atoms with Crippen LogP contribution in [0.4, 0.5) is 5.69 Å². The third kappa shape index (κ3) is 6.76. The Morgan fingerprint density at radius 1 is 1.03 bits per heavy atom. The number of aliphatic hydroxyl groups excluding tert-OH is 1. The van der Waals surface area contributed by atoms with Crippen LogP contribution in [0.3, 0.4) is 0 Å². The van der Waals surface area contributed by atoms with E-state index in [0.717, 1.165) is 31.6 Å². The lowest BCUT2D eigenvalue weighted by Crippen LogP contribution is -2.61. The van der Waals surface area contributed by atoms with Crippen LogP contribution in [0, 0.1) is 0 Å². The summed E-state index contributed by atoms with van der Waals surface area (Å²) in [7, 11) is 1.58. The van der Waals surface area contributed by atoms with Crippen molar-refractivity contribution < 1.29 is 19.8 Å². The summed E-state index contributed by atoms with van der Waals surface area (Å²) < 4.78 is 0. The Balaban J connectivity index is 1.28. The first-order chi connectivity index (χ1) is 18.4. The van der Waals surface area contributed by atoms with Crippen LogP contribution in [-0.2, 0) is 10.4 Å². The van der Waals surface area contributed by atoms with Gasteiger partial charge in [0, 0.05) is 61.5 Å². The average molecular weight is 618 g/mol. The van der Waals surface area contributed by atoms with E-state index in [-0.39, 0.29) is 46.6 Å². The number of piperidine rings is 1. The third-order valence-corrected chi connectivity index (χ3v) is 8.46. The molecule has 0 saturated carbocycles. The first-order valence-corrected chi connectivity index (χ1v) is 14.3. The molecule has 4 rings (SSSR count). The number of likely N-dealkylation sites (tertiary alicyclic amines) is 2. The smallest absolute Gasteiger partial charge is 0.258 e. The molecule has 0 aliphatic carbocycles. The van der Waals surface area contributed by atoms with Crippen molar-refractivity contribution in [2.45, 2.75) is 37.5 Å². The van der Waals surface area contributed by atoms with Gasteiger partial charge in [-0.2, -0.15) is 0 Å². The summed E-state index contributed by atoms with van der Waals surface area (Å²) in [6.45, 7) is 4.26. The lowest BCUT2D eigenvalue weighted by atomic mass is 9.92. The van der Waals surface area contributed by atoms with E-state index >= 15 is 0 Å². The van der Waals surface area contributed by atoms with Crippen molar-refractivity contribution in [2.75, 3.05) is 51.7 Å². The highest BCUT2D eigenvalue weighted by Crippen LogP contribution is 2.33. The zero-order valence-corrected chi connectivity index (χ0v) is 24.8. The number of nitrogens with one attached hydrogen (secondary N) is 1. The summed E-state index contributed by atoms with van der Waals surface area (Å²) >= 11 is 24.9. The van der Waals surface area contributed by atoms with Crippen molar-refractivity contribution in [3.63, 3.8) is 0 Å². The molecule has 8 nitrogen and oxygen atoms in total. The number of likely N-dealkylation sites (N-methyl/N-ethyl adjacent to an activating group) is 1. The van der Waals surface area contributed by atoms with Gasteiger partial charge >= 0.3 is 0 Å². The first-order valence-electron chi connectivity index (χ1n) is 12.7. The van der Waals surface area contributed by atoms with Crippen LogP contribution >= 0.6 is 46.4 Å². The normalized spacial score (nSPS) is 18.4. The minimum absolute atomic E-state index is 0.149. The number of carbonyl (C=O) groups excluding carboxylic acids is 2. The third-order valence-electron chi connectivity index (χ3n) is 7.43. The van der Waals surface area contributed by atoms with Gasteiger partial charge in [0.25, 0.3) is 11.8 Å². The number of anilines is 1. The largest absolute Gasteiger partial charge is 0.395 e. The molecule has 212 valence electrons. The Morgan fingerprint density at radius 2 is 1.59 bits per heavy atom. The number of amides is 2. The van der Waals surface area contributed by atoms with Gasteiger partial charge in [-0.1, -0.05) is 46.4 Å². The molecule has 2 aromatic rings. The number of rotatable bonds is 8. The van der Waals surface area contributed by atoms with Gasteiger partial charge < -0.3 is 25.3 Å². The zero-order chi connectivity index (χ0) is 28.5. The predicted molar refractivity (Wildman–Crippen MR) is 155 cm³/mol. The van der Waals surface area contributed by atoms with Gasteiger partial charge in [0.05, 0.1) is 28.3 Å². The summed E-state index contributed by atoms with van der Waals surface area (Å²) in [4.78, 5) is 31.2.